The van der Waals surface area contributed by atoms with Gasteiger partial charge in [0.05, 0.1) is 18.5 Å². The highest BCUT2D eigenvalue weighted by molar-refractivity contribution is 5.68. The summed E-state index contributed by atoms with van der Waals surface area (Å²) in [6, 6.07) is 6.18. The van der Waals surface area contributed by atoms with Crippen LogP contribution in [0.3, 0.4) is 0 Å². The maximum absolute atomic E-state index is 13.4. The normalized spacial score (nSPS) is 16.4. The highest BCUT2D eigenvalue weighted by Crippen LogP contribution is 2.27. The van der Waals surface area contributed by atoms with Crippen LogP contribution in [0.25, 0.3) is 22.6 Å². The van der Waals surface area contributed by atoms with Gasteiger partial charge in [-0.1, -0.05) is 12.1 Å². The Morgan fingerprint density at radius 1 is 1.25 bits per heavy atom. The number of imidazole rings is 1. The molecule has 4 rings (SSSR count). The molecule has 0 aliphatic carbocycles. The summed E-state index contributed by atoms with van der Waals surface area (Å²) in [5.41, 5.74) is 2.22. The second-order valence-electron chi connectivity index (χ2n) is 6.62. The third-order valence-corrected chi connectivity index (χ3v) is 4.74. The number of amides is 1. The Morgan fingerprint density at radius 3 is 2.82 bits per heavy atom. The van der Waals surface area contributed by atoms with Gasteiger partial charge in [-0.15, -0.1) is 0 Å². The van der Waals surface area contributed by atoms with Crippen LogP contribution >= 0.6 is 0 Å². The van der Waals surface area contributed by atoms with Gasteiger partial charge in [0.15, 0.2) is 5.82 Å². The SMILES string of the molecule is CCOC(=O)N1CC[C@@H](c2ncc(-c3cnc(-c4cccc(F)c4)nc3)[nH]2)C1. The summed E-state index contributed by atoms with van der Waals surface area (Å²) in [6.45, 7) is 3.41. The van der Waals surface area contributed by atoms with E-state index >= 15 is 0 Å². The van der Waals surface area contributed by atoms with E-state index in [0.29, 0.717) is 31.1 Å². The molecule has 3 aromatic rings. The van der Waals surface area contributed by atoms with Gasteiger partial charge in [0.1, 0.15) is 11.6 Å². The Balaban J connectivity index is 1.47. The van der Waals surface area contributed by atoms with E-state index in [1.54, 1.807) is 42.5 Å². The monoisotopic (exact) mass is 381 g/mol. The number of hydrogen-bond donors (Lipinski definition) is 1. The molecule has 0 saturated carbocycles. The summed E-state index contributed by atoms with van der Waals surface area (Å²) in [5.74, 6) is 1.11. The van der Waals surface area contributed by atoms with Crippen molar-refractivity contribution in [3.8, 4) is 22.6 Å². The molecule has 1 N–H and O–H groups in total. The molecular formula is C20H20FN5O2. The van der Waals surface area contributed by atoms with E-state index in [1.807, 2.05) is 0 Å². The molecule has 8 heteroatoms. The van der Waals surface area contributed by atoms with Crippen molar-refractivity contribution in [2.24, 2.45) is 0 Å². The number of rotatable bonds is 4. The van der Waals surface area contributed by atoms with Gasteiger partial charge in [-0.2, -0.15) is 0 Å². The molecule has 0 spiro atoms. The van der Waals surface area contributed by atoms with Crippen molar-refractivity contribution in [3.05, 3.63) is 54.5 Å². The zero-order valence-corrected chi connectivity index (χ0v) is 15.4. The van der Waals surface area contributed by atoms with E-state index in [2.05, 4.69) is 19.9 Å². The first kappa shape index (κ1) is 18.1. The van der Waals surface area contributed by atoms with Gasteiger partial charge < -0.3 is 14.6 Å². The standard InChI is InChI=1S/C20H20FN5O2/c1-2-28-20(27)26-7-6-14(12-26)19-24-11-17(25-19)15-9-22-18(23-10-15)13-4-3-5-16(21)8-13/h3-5,8-11,14H,2,6-7,12H2,1H3,(H,24,25)/t14-/m1/s1. The van der Waals surface area contributed by atoms with E-state index in [0.717, 1.165) is 23.5 Å². The summed E-state index contributed by atoms with van der Waals surface area (Å²) in [7, 11) is 0. The lowest BCUT2D eigenvalue weighted by Crippen LogP contribution is -2.29. The predicted octanol–water partition coefficient (Wildman–Crippen LogP) is 3.62. The molecule has 0 radical (unpaired) electrons. The topological polar surface area (TPSA) is 84.0 Å². The van der Waals surface area contributed by atoms with Crippen LogP contribution < -0.4 is 0 Å². The summed E-state index contributed by atoms with van der Waals surface area (Å²) in [6.07, 6.45) is 5.66. The Kier molecular flexibility index (Phi) is 5.01. The molecule has 1 aliphatic heterocycles. The van der Waals surface area contributed by atoms with Gasteiger partial charge in [0, 0.05) is 42.5 Å². The van der Waals surface area contributed by atoms with E-state index < -0.39 is 0 Å². The Labute approximate surface area is 161 Å². The fourth-order valence-electron chi connectivity index (χ4n) is 3.30. The fourth-order valence-corrected chi connectivity index (χ4v) is 3.30. The van der Waals surface area contributed by atoms with Crippen molar-refractivity contribution >= 4 is 6.09 Å². The minimum absolute atomic E-state index is 0.144. The van der Waals surface area contributed by atoms with Crippen LogP contribution in [0, 0.1) is 5.82 Å². The van der Waals surface area contributed by atoms with Crippen LogP contribution in [0.15, 0.2) is 42.9 Å². The maximum atomic E-state index is 13.4. The smallest absolute Gasteiger partial charge is 0.409 e. The largest absolute Gasteiger partial charge is 0.450 e. The van der Waals surface area contributed by atoms with Crippen molar-refractivity contribution in [1.82, 2.24) is 24.8 Å². The Hall–Kier alpha value is -3.29. The average molecular weight is 381 g/mol. The van der Waals surface area contributed by atoms with Crippen LogP contribution in [-0.2, 0) is 4.74 Å². The van der Waals surface area contributed by atoms with Gasteiger partial charge in [-0.05, 0) is 25.5 Å². The van der Waals surface area contributed by atoms with Gasteiger partial charge in [-0.3, -0.25) is 0 Å². The summed E-state index contributed by atoms with van der Waals surface area (Å²) in [5, 5.41) is 0. The van der Waals surface area contributed by atoms with Crippen molar-refractivity contribution in [2.45, 2.75) is 19.3 Å². The summed E-state index contributed by atoms with van der Waals surface area (Å²) >= 11 is 0. The molecule has 0 bridgehead atoms. The van der Waals surface area contributed by atoms with E-state index in [-0.39, 0.29) is 17.8 Å². The van der Waals surface area contributed by atoms with Gasteiger partial charge in [0.2, 0.25) is 0 Å². The number of halogens is 1. The summed E-state index contributed by atoms with van der Waals surface area (Å²) < 4.78 is 18.4. The number of aromatic amines is 1. The zero-order valence-electron chi connectivity index (χ0n) is 15.4. The van der Waals surface area contributed by atoms with E-state index in [1.165, 1.54) is 12.1 Å². The number of nitrogens with zero attached hydrogens (tertiary/aromatic N) is 4. The van der Waals surface area contributed by atoms with Crippen LogP contribution in [-0.4, -0.2) is 50.6 Å². The van der Waals surface area contributed by atoms with Crippen molar-refractivity contribution < 1.29 is 13.9 Å². The third kappa shape index (κ3) is 3.71. The molecule has 0 unspecified atom stereocenters. The lowest BCUT2D eigenvalue weighted by molar-refractivity contribution is 0.115. The number of carbonyl (C=O) groups excluding carboxylic acids is 1. The molecule has 1 saturated heterocycles. The molecule has 1 atom stereocenters. The first-order valence-corrected chi connectivity index (χ1v) is 9.19. The molecule has 1 amide bonds. The summed E-state index contributed by atoms with van der Waals surface area (Å²) in [4.78, 5) is 30.0. The number of ether oxygens (including phenoxy) is 1. The number of likely N-dealkylation sites (tertiary alicyclic amines) is 1. The van der Waals surface area contributed by atoms with Crippen LogP contribution in [0.5, 0.6) is 0 Å². The van der Waals surface area contributed by atoms with Crippen molar-refractivity contribution in [3.63, 3.8) is 0 Å². The maximum Gasteiger partial charge on any atom is 0.409 e. The first-order valence-electron chi connectivity index (χ1n) is 9.19. The Morgan fingerprint density at radius 2 is 2.07 bits per heavy atom. The Bertz CT molecular complexity index is 973. The molecule has 1 aliphatic rings. The minimum Gasteiger partial charge on any atom is -0.450 e. The van der Waals surface area contributed by atoms with Gasteiger partial charge in [0.25, 0.3) is 0 Å². The number of H-pyrrole nitrogens is 1. The van der Waals surface area contributed by atoms with Crippen LogP contribution in [0.2, 0.25) is 0 Å². The molecule has 2 aromatic heterocycles. The first-order chi connectivity index (χ1) is 13.6. The van der Waals surface area contributed by atoms with Gasteiger partial charge >= 0.3 is 6.09 Å². The molecule has 144 valence electrons. The van der Waals surface area contributed by atoms with Gasteiger partial charge in [-0.25, -0.2) is 24.1 Å². The van der Waals surface area contributed by atoms with Crippen LogP contribution in [0.4, 0.5) is 9.18 Å². The van der Waals surface area contributed by atoms with E-state index in [9.17, 15) is 9.18 Å². The highest BCUT2D eigenvalue weighted by atomic mass is 19.1. The highest BCUT2D eigenvalue weighted by Gasteiger charge is 2.30. The fraction of sp³-hybridized carbons (Fsp3) is 0.300. The minimum atomic E-state index is -0.322. The predicted molar refractivity (Wildman–Crippen MR) is 101 cm³/mol. The lowest BCUT2D eigenvalue weighted by atomic mass is 10.1. The molecule has 7 nitrogen and oxygen atoms in total. The molecular weight excluding hydrogens is 361 g/mol. The molecule has 1 aromatic carbocycles. The number of nitrogens with one attached hydrogen (secondary N) is 1. The molecule has 28 heavy (non-hydrogen) atoms. The second-order valence-corrected chi connectivity index (χ2v) is 6.62. The number of carbonyl (C=O) groups is 1. The number of aromatic nitrogens is 4. The third-order valence-electron chi connectivity index (χ3n) is 4.74. The second kappa shape index (κ2) is 7.75. The van der Waals surface area contributed by atoms with Crippen molar-refractivity contribution in [1.29, 1.82) is 0 Å². The molecule has 1 fully saturated rings. The quantitative estimate of drug-likeness (QED) is 0.746. The number of benzene rings is 1. The lowest BCUT2D eigenvalue weighted by Gasteiger charge is -2.14. The van der Waals surface area contributed by atoms with E-state index in [4.69, 9.17) is 4.74 Å². The van der Waals surface area contributed by atoms with Crippen LogP contribution in [0.1, 0.15) is 25.1 Å². The number of hydrogen-bond acceptors (Lipinski definition) is 5. The van der Waals surface area contributed by atoms with Crippen molar-refractivity contribution in [2.75, 3.05) is 19.7 Å². The molecule has 3 heterocycles. The average Bonchev–Trinajstić information content (AvgIpc) is 3.38. The zero-order chi connectivity index (χ0) is 19.5.